The molecule has 2 heterocycles. The number of amides is 1. The number of carbonyl (C=O) groups excluding carboxylic acids is 1. The zero-order valence-corrected chi connectivity index (χ0v) is 12.9. The highest BCUT2D eigenvalue weighted by atomic mass is 19.1. The van der Waals surface area contributed by atoms with Gasteiger partial charge in [0.15, 0.2) is 0 Å². The number of rotatable bonds is 1. The fourth-order valence-corrected chi connectivity index (χ4v) is 3.19. The molecule has 3 aromatic rings. The molecule has 0 spiro atoms. The summed E-state index contributed by atoms with van der Waals surface area (Å²) in [6, 6.07) is 14.4. The molecule has 3 nitrogen and oxygen atoms in total. The Labute approximate surface area is 133 Å². The monoisotopic (exact) mass is 306 g/mol. The van der Waals surface area contributed by atoms with E-state index in [9.17, 15) is 9.18 Å². The lowest BCUT2D eigenvalue weighted by atomic mass is 9.86. The Balaban J connectivity index is 1.93. The van der Waals surface area contributed by atoms with Crippen LogP contribution in [0.15, 0.2) is 54.7 Å². The fraction of sp³-hybridized carbons (Fsp3) is 0.158. The van der Waals surface area contributed by atoms with Gasteiger partial charge >= 0.3 is 0 Å². The summed E-state index contributed by atoms with van der Waals surface area (Å²) in [6.45, 7) is 3.84. The number of anilines is 2. The fourth-order valence-electron chi connectivity index (χ4n) is 3.19. The van der Waals surface area contributed by atoms with Crippen molar-refractivity contribution in [1.82, 2.24) is 4.98 Å². The lowest BCUT2D eigenvalue weighted by Crippen LogP contribution is -2.33. The van der Waals surface area contributed by atoms with Crippen molar-refractivity contribution in [3.63, 3.8) is 0 Å². The first-order valence-corrected chi connectivity index (χ1v) is 7.48. The van der Waals surface area contributed by atoms with E-state index in [2.05, 4.69) is 4.98 Å². The van der Waals surface area contributed by atoms with Gasteiger partial charge in [-0.15, -0.1) is 0 Å². The lowest BCUT2D eigenvalue weighted by Gasteiger charge is -2.20. The third-order valence-electron chi connectivity index (χ3n) is 4.46. The maximum atomic E-state index is 13.8. The molecule has 1 amide bonds. The molecule has 0 aliphatic carbocycles. The molecule has 0 N–H and O–H groups in total. The Bertz CT molecular complexity index is 949. The number of pyridine rings is 1. The largest absolute Gasteiger partial charge is 0.278 e. The van der Waals surface area contributed by atoms with Gasteiger partial charge in [-0.3, -0.25) is 14.7 Å². The first-order chi connectivity index (χ1) is 11.0. The molecule has 0 unspecified atom stereocenters. The highest BCUT2D eigenvalue weighted by molar-refractivity contribution is 6.12. The number of para-hydroxylation sites is 2. The summed E-state index contributed by atoms with van der Waals surface area (Å²) in [5, 5.41) is 0.678. The summed E-state index contributed by atoms with van der Waals surface area (Å²) < 4.78 is 13.8. The van der Waals surface area contributed by atoms with Crippen LogP contribution in [0.5, 0.6) is 0 Å². The molecule has 1 aliphatic heterocycles. The molecule has 1 aliphatic rings. The average Bonchev–Trinajstić information content (AvgIpc) is 2.75. The third-order valence-corrected chi connectivity index (χ3v) is 4.46. The van der Waals surface area contributed by atoms with Crippen LogP contribution in [0.25, 0.3) is 10.9 Å². The Morgan fingerprint density at radius 1 is 1.09 bits per heavy atom. The average molecular weight is 306 g/mol. The highest BCUT2D eigenvalue weighted by Gasteiger charge is 2.44. The molecule has 0 fully saturated rings. The minimum Gasteiger partial charge on any atom is -0.278 e. The molecule has 1 aromatic heterocycles. The summed E-state index contributed by atoms with van der Waals surface area (Å²) in [7, 11) is 0. The Morgan fingerprint density at radius 3 is 2.70 bits per heavy atom. The van der Waals surface area contributed by atoms with Crippen molar-refractivity contribution >= 4 is 28.2 Å². The van der Waals surface area contributed by atoms with Crippen LogP contribution < -0.4 is 4.90 Å². The summed E-state index contributed by atoms with van der Waals surface area (Å²) in [4.78, 5) is 18.8. The molecule has 0 atom stereocenters. The van der Waals surface area contributed by atoms with E-state index in [0.717, 1.165) is 11.3 Å². The number of aromatic nitrogens is 1. The minimum atomic E-state index is -0.590. The molecule has 0 radical (unpaired) electrons. The molecule has 4 rings (SSSR count). The molecule has 4 heteroatoms. The van der Waals surface area contributed by atoms with E-state index >= 15 is 0 Å². The second-order valence-electron chi connectivity index (χ2n) is 6.29. The number of fused-ring (bicyclic) bond motifs is 2. The molecular weight excluding hydrogens is 291 g/mol. The molecule has 0 bridgehead atoms. The van der Waals surface area contributed by atoms with Crippen molar-refractivity contribution in [3.8, 4) is 0 Å². The molecule has 114 valence electrons. The number of nitrogens with zero attached hydrogens (tertiary/aromatic N) is 2. The van der Waals surface area contributed by atoms with Crippen molar-refractivity contribution < 1.29 is 9.18 Å². The van der Waals surface area contributed by atoms with Gasteiger partial charge in [-0.1, -0.05) is 30.3 Å². The van der Waals surface area contributed by atoms with Crippen molar-refractivity contribution in [2.24, 2.45) is 0 Å². The van der Waals surface area contributed by atoms with Gasteiger partial charge in [0.25, 0.3) is 0 Å². The van der Waals surface area contributed by atoms with Gasteiger partial charge in [-0.05, 0) is 37.6 Å². The van der Waals surface area contributed by atoms with Crippen LogP contribution in [0.4, 0.5) is 15.8 Å². The third kappa shape index (κ3) is 1.88. The first-order valence-electron chi connectivity index (χ1n) is 7.48. The van der Waals surface area contributed by atoms with Crippen LogP contribution in [-0.2, 0) is 10.2 Å². The van der Waals surface area contributed by atoms with Crippen LogP contribution >= 0.6 is 0 Å². The maximum Gasteiger partial charge on any atom is 0.241 e. The van der Waals surface area contributed by atoms with Gasteiger partial charge in [0, 0.05) is 5.39 Å². The van der Waals surface area contributed by atoms with E-state index in [1.165, 1.54) is 6.07 Å². The Hall–Kier alpha value is -2.75. The Kier molecular flexibility index (Phi) is 2.79. The summed E-state index contributed by atoms with van der Waals surface area (Å²) in [5.74, 6) is -0.362. The van der Waals surface area contributed by atoms with Gasteiger partial charge in [0.1, 0.15) is 11.3 Å². The quantitative estimate of drug-likeness (QED) is 0.670. The maximum absolute atomic E-state index is 13.8. The van der Waals surface area contributed by atoms with Crippen LogP contribution in [0.2, 0.25) is 0 Å². The number of hydrogen-bond donors (Lipinski definition) is 0. The highest BCUT2D eigenvalue weighted by Crippen LogP contribution is 2.45. The standard InChI is InChI=1S/C19H15FN2O/c1-19(2)14-7-3-4-9-16(14)22(18(19)23)13-10-12-6-5-8-15(20)17(12)21-11-13/h3-11H,1-2H3. The molecule has 2 aromatic carbocycles. The van der Waals surface area contributed by atoms with E-state index in [4.69, 9.17) is 0 Å². The second-order valence-corrected chi connectivity index (χ2v) is 6.29. The van der Waals surface area contributed by atoms with Gasteiger partial charge in [0.05, 0.1) is 23.0 Å². The number of carbonyl (C=O) groups is 1. The smallest absolute Gasteiger partial charge is 0.241 e. The van der Waals surface area contributed by atoms with Gasteiger partial charge in [0.2, 0.25) is 5.91 Å². The SMILES string of the molecule is CC1(C)C(=O)N(c2cnc3c(F)cccc3c2)c2ccccc21. The predicted octanol–water partition coefficient (Wildman–Crippen LogP) is 4.33. The first kappa shape index (κ1) is 13.9. The van der Waals surface area contributed by atoms with Gasteiger partial charge in [-0.25, -0.2) is 4.39 Å². The predicted molar refractivity (Wildman–Crippen MR) is 88.3 cm³/mol. The van der Waals surface area contributed by atoms with Crippen molar-refractivity contribution in [2.45, 2.75) is 19.3 Å². The van der Waals surface area contributed by atoms with Crippen LogP contribution in [-0.4, -0.2) is 10.9 Å². The number of halogens is 1. The van der Waals surface area contributed by atoms with Crippen LogP contribution in [0, 0.1) is 5.82 Å². The molecule has 0 saturated heterocycles. The Morgan fingerprint density at radius 2 is 1.87 bits per heavy atom. The molecule has 0 saturated carbocycles. The molecule has 23 heavy (non-hydrogen) atoms. The van der Waals surface area contributed by atoms with E-state index in [1.54, 1.807) is 23.2 Å². The van der Waals surface area contributed by atoms with E-state index < -0.39 is 5.41 Å². The molecular formula is C19H15FN2O. The second kappa shape index (κ2) is 4.62. The van der Waals surface area contributed by atoms with Gasteiger partial charge in [-0.2, -0.15) is 0 Å². The summed E-state index contributed by atoms with van der Waals surface area (Å²) in [6.07, 6.45) is 1.56. The number of hydrogen-bond acceptors (Lipinski definition) is 2. The van der Waals surface area contributed by atoms with E-state index in [0.29, 0.717) is 16.6 Å². The zero-order valence-electron chi connectivity index (χ0n) is 12.9. The van der Waals surface area contributed by atoms with Crippen molar-refractivity contribution in [1.29, 1.82) is 0 Å². The summed E-state index contributed by atoms with van der Waals surface area (Å²) in [5.41, 5.74) is 2.24. The van der Waals surface area contributed by atoms with E-state index in [-0.39, 0.29) is 11.7 Å². The topological polar surface area (TPSA) is 33.2 Å². The van der Waals surface area contributed by atoms with Crippen LogP contribution in [0.1, 0.15) is 19.4 Å². The van der Waals surface area contributed by atoms with Crippen molar-refractivity contribution in [2.75, 3.05) is 4.90 Å². The van der Waals surface area contributed by atoms with Crippen molar-refractivity contribution in [3.05, 3.63) is 66.1 Å². The summed E-state index contributed by atoms with van der Waals surface area (Å²) >= 11 is 0. The minimum absolute atomic E-state index is 0.00347. The van der Waals surface area contributed by atoms with Crippen LogP contribution in [0.3, 0.4) is 0 Å². The lowest BCUT2D eigenvalue weighted by molar-refractivity contribution is -0.121. The van der Waals surface area contributed by atoms with Gasteiger partial charge < -0.3 is 0 Å². The zero-order chi connectivity index (χ0) is 16.2. The normalized spacial score (nSPS) is 16.0. The number of benzene rings is 2. The van der Waals surface area contributed by atoms with E-state index in [1.807, 2.05) is 44.2 Å².